The Morgan fingerprint density at radius 1 is 1.53 bits per heavy atom. The van der Waals surface area contributed by atoms with E-state index in [1.807, 2.05) is 13.8 Å². The molecule has 1 amide bonds. The fraction of sp³-hybridized carbons (Fsp3) is 0.455. The molecule has 1 unspecified atom stereocenters. The van der Waals surface area contributed by atoms with Crippen LogP contribution in [0.15, 0.2) is 17.1 Å². The van der Waals surface area contributed by atoms with Crippen molar-refractivity contribution in [2.75, 3.05) is 0 Å². The first-order chi connectivity index (χ1) is 7.93. The monoisotopic (exact) mass is 276 g/mol. The predicted molar refractivity (Wildman–Crippen MR) is 68.6 cm³/mol. The highest BCUT2D eigenvalue weighted by Crippen LogP contribution is 2.10. The number of hydrogen-bond donors (Lipinski definition) is 1. The summed E-state index contributed by atoms with van der Waals surface area (Å²) in [6.07, 6.45) is 2.23. The highest BCUT2D eigenvalue weighted by Gasteiger charge is 2.09. The number of nitrogens with zero attached hydrogens (tertiary/aromatic N) is 1. The predicted octanol–water partition coefficient (Wildman–Crippen LogP) is 2.07. The number of nitrogens with one attached hydrogen (secondary N) is 1. The standard InChI is InChI=1S/C11H14Cl2N2O2/c1-3-7(2)14-10(16)6-15-5-8(12)4-9(13)11(15)17/h4-5,7H,3,6H2,1-2H3,(H,14,16). The van der Waals surface area contributed by atoms with Gasteiger partial charge in [-0.15, -0.1) is 0 Å². The summed E-state index contributed by atoms with van der Waals surface area (Å²) in [4.78, 5) is 23.2. The molecule has 1 aromatic heterocycles. The maximum Gasteiger partial charge on any atom is 0.269 e. The van der Waals surface area contributed by atoms with Crippen molar-refractivity contribution in [2.45, 2.75) is 32.9 Å². The topological polar surface area (TPSA) is 51.1 Å². The Hall–Kier alpha value is -1.00. The van der Waals surface area contributed by atoms with Crippen molar-refractivity contribution in [3.05, 3.63) is 32.7 Å². The molecule has 17 heavy (non-hydrogen) atoms. The van der Waals surface area contributed by atoms with E-state index < -0.39 is 5.56 Å². The lowest BCUT2D eigenvalue weighted by Crippen LogP contribution is -2.37. The lowest BCUT2D eigenvalue weighted by atomic mass is 10.2. The zero-order chi connectivity index (χ0) is 13.0. The van der Waals surface area contributed by atoms with Gasteiger partial charge in [-0.2, -0.15) is 0 Å². The molecule has 1 atom stereocenters. The van der Waals surface area contributed by atoms with Gasteiger partial charge in [0.15, 0.2) is 0 Å². The number of aromatic nitrogens is 1. The summed E-state index contributed by atoms with van der Waals surface area (Å²) in [6, 6.07) is 1.43. The van der Waals surface area contributed by atoms with Crippen LogP contribution in [0.2, 0.25) is 10.0 Å². The fourth-order valence-electron chi connectivity index (χ4n) is 1.26. The van der Waals surface area contributed by atoms with Crippen LogP contribution in [-0.4, -0.2) is 16.5 Å². The largest absolute Gasteiger partial charge is 0.352 e. The summed E-state index contributed by atoms with van der Waals surface area (Å²) in [6.45, 7) is 3.78. The number of hydrogen-bond acceptors (Lipinski definition) is 2. The van der Waals surface area contributed by atoms with E-state index in [0.29, 0.717) is 5.02 Å². The van der Waals surface area contributed by atoms with Crippen LogP contribution in [0.25, 0.3) is 0 Å². The van der Waals surface area contributed by atoms with Crippen LogP contribution in [0.1, 0.15) is 20.3 Å². The van der Waals surface area contributed by atoms with E-state index in [2.05, 4.69) is 5.32 Å². The van der Waals surface area contributed by atoms with E-state index in [0.717, 1.165) is 6.42 Å². The van der Waals surface area contributed by atoms with E-state index in [-0.39, 0.29) is 23.5 Å². The maximum absolute atomic E-state index is 11.6. The smallest absolute Gasteiger partial charge is 0.269 e. The highest BCUT2D eigenvalue weighted by molar-refractivity contribution is 6.34. The molecule has 0 fully saturated rings. The molecule has 0 aliphatic heterocycles. The van der Waals surface area contributed by atoms with Gasteiger partial charge in [0.25, 0.3) is 5.56 Å². The first kappa shape index (κ1) is 14.1. The van der Waals surface area contributed by atoms with Gasteiger partial charge in [0, 0.05) is 12.2 Å². The molecule has 0 spiro atoms. The van der Waals surface area contributed by atoms with Crippen molar-refractivity contribution in [1.82, 2.24) is 9.88 Å². The number of carbonyl (C=O) groups excluding carboxylic acids is 1. The van der Waals surface area contributed by atoms with E-state index in [9.17, 15) is 9.59 Å². The summed E-state index contributed by atoms with van der Waals surface area (Å²) >= 11 is 11.4. The van der Waals surface area contributed by atoms with Gasteiger partial charge in [0.05, 0.1) is 5.02 Å². The molecule has 6 heteroatoms. The van der Waals surface area contributed by atoms with Crippen molar-refractivity contribution in [3.63, 3.8) is 0 Å². The third kappa shape index (κ3) is 4.06. The van der Waals surface area contributed by atoms with Gasteiger partial charge in [-0.3, -0.25) is 9.59 Å². The van der Waals surface area contributed by atoms with E-state index >= 15 is 0 Å². The molecule has 0 aliphatic carbocycles. The summed E-state index contributed by atoms with van der Waals surface area (Å²) in [5.41, 5.74) is -0.421. The highest BCUT2D eigenvalue weighted by atomic mass is 35.5. The Kier molecular flexibility index (Phi) is 5.02. The quantitative estimate of drug-likeness (QED) is 0.916. The number of halogens is 2. The summed E-state index contributed by atoms with van der Waals surface area (Å²) in [5, 5.41) is 3.09. The van der Waals surface area contributed by atoms with Crippen LogP contribution < -0.4 is 10.9 Å². The molecule has 1 aromatic rings. The second-order valence-corrected chi connectivity index (χ2v) is 4.66. The van der Waals surface area contributed by atoms with Crippen LogP contribution in [0.4, 0.5) is 0 Å². The Morgan fingerprint density at radius 3 is 2.76 bits per heavy atom. The number of pyridine rings is 1. The first-order valence-electron chi connectivity index (χ1n) is 5.29. The second-order valence-electron chi connectivity index (χ2n) is 3.82. The third-order valence-corrected chi connectivity index (χ3v) is 2.82. The Labute approximate surface area is 110 Å². The number of amides is 1. The van der Waals surface area contributed by atoms with Crippen molar-refractivity contribution in [2.24, 2.45) is 0 Å². The molecule has 0 saturated heterocycles. The van der Waals surface area contributed by atoms with Crippen LogP contribution in [0.5, 0.6) is 0 Å². The molecule has 1 N–H and O–H groups in total. The van der Waals surface area contributed by atoms with Gasteiger partial charge >= 0.3 is 0 Å². The number of carbonyl (C=O) groups is 1. The summed E-state index contributed by atoms with van der Waals surface area (Å²) in [7, 11) is 0. The Balaban J connectivity index is 2.82. The maximum atomic E-state index is 11.6. The van der Waals surface area contributed by atoms with Crippen molar-refractivity contribution >= 4 is 29.1 Å². The van der Waals surface area contributed by atoms with Crippen LogP contribution in [0.3, 0.4) is 0 Å². The van der Waals surface area contributed by atoms with E-state index in [1.165, 1.54) is 16.8 Å². The fourth-order valence-corrected chi connectivity index (χ4v) is 1.77. The third-order valence-electron chi connectivity index (χ3n) is 2.34. The van der Waals surface area contributed by atoms with Gasteiger partial charge in [-0.25, -0.2) is 0 Å². The molecule has 4 nitrogen and oxygen atoms in total. The Bertz CT molecular complexity index is 471. The average molecular weight is 277 g/mol. The Morgan fingerprint density at radius 2 is 2.18 bits per heavy atom. The molecule has 1 rings (SSSR count). The second kappa shape index (κ2) is 6.07. The van der Waals surface area contributed by atoms with E-state index in [1.54, 1.807) is 0 Å². The summed E-state index contributed by atoms with van der Waals surface area (Å²) < 4.78 is 1.20. The van der Waals surface area contributed by atoms with Gasteiger partial charge in [0.2, 0.25) is 5.91 Å². The lowest BCUT2D eigenvalue weighted by molar-refractivity contribution is -0.122. The van der Waals surface area contributed by atoms with Gasteiger partial charge in [-0.05, 0) is 19.4 Å². The number of rotatable bonds is 4. The minimum absolute atomic E-state index is 0.00819. The lowest BCUT2D eigenvalue weighted by Gasteiger charge is -2.12. The molecule has 0 saturated carbocycles. The van der Waals surface area contributed by atoms with Crippen LogP contribution >= 0.6 is 23.2 Å². The summed E-state index contributed by atoms with van der Waals surface area (Å²) in [5.74, 6) is -0.236. The average Bonchev–Trinajstić information content (AvgIpc) is 2.24. The van der Waals surface area contributed by atoms with Crippen LogP contribution in [0, 0.1) is 0 Å². The molecular formula is C11H14Cl2N2O2. The normalized spacial score (nSPS) is 12.2. The molecule has 1 heterocycles. The van der Waals surface area contributed by atoms with Crippen molar-refractivity contribution in [3.8, 4) is 0 Å². The molecule has 0 bridgehead atoms. The van der Waals surface area contributed by atoms with Gasteiger partial charge < -0.3 is 9.88 Å². The molecule has 0 aromatic carbocycles. The van der Waals surface area contributed by atoms with E-state index in [4.69, 9.17) is 23.2 Å². The molecule has 0 radical (unpaired) electrons. The minimum Gasteiger partial charge on any atom is -0.352 e. The van der Waals surface area contributed by atoms with Gasteiger partial charge in [-0.1, -0.05) is 30.1 Å². The minimum atomic E-state index is -0.421. The first-order valence-corrected chi connectivity index (χ1v) is 6.04. The molecule has 0 aliphatic rings. The van der Waals surface area contributed by atoms with Crippen molar-refractivity contribution in [1.29, 1.82) is 0 Å². The molecular weight excluding hydrogens is 263 g/mol. The zero-order valence-corrected chi connectivity index (χ0v) is 11.2. The molecule has 94 valence electrons. The zero-order valence-electron chi connectivity index (χ0n) is 9.67. The van der Waals surface area contributed by atoms with Gasteiger partial charge in [0.1, 0.15) is 11.6 Å². The van der Waals surface area contributed by atoms with Crippen LogP contribution in [-0.2, 0) is 11.3 Å². The SMILES string of the molecule is CCC(C)NC(=O)Cn1cc(Cl)cc(Cl)c1=O. The van der Waals surface area contributed by atoms with Crippen molar-refractivity contribution < 1.29 is 4.79 Å².